The summed E-state index contributed by atoms with van der Waals surface area (Å²) in [6.45, 7) is 1.84. The zero-order valence-electron chi connectivity index (χ0n) is 8.34. The normalized spacial score (nSPS) is 30.8. The van der Waals surface area contributed by atoms with Gasteiger partial charge >= 0.3 is 0 Å². The summed E-state index contributed by atoms with van der Waals surface area (Å²) in [6, 6.07) is 3.23. The first-order chi connectivity index (χ1) is 7.04. The van der Waals surface area contributed by atoms with Crippen molar-refractivity contribution in [2.45, 2.75) is 24.2 Å². The Morgan fingerprint density at radius 3 is 2.80 bits per heavy atom. The average Bonchev–Trinajstić information content (AvgIpc) is 2.52. The molecular weight excluding hydrogens is 218 g/mol. The molecule has 0 amide bonds. The molecule has 1 aromatic rings. The van der Waals surface area contributed by atoms with Gasteiger partial charge < -0.3 is 5.11 Å². The molecule has 1 fully saturated rings. The molecule has 0 spiro atoms. The summed E-state index contributed by atoms with van der Waals surface area (Å²) in [5.41, 5.74) is -1.14. The third-order valence-corrected chi connectivity index (χ3v) is 4.25. The van der Waals surface area contributed by atoms with E-state index in [2.05, 4.69) is 0 Å². The van der Waals surface area contributed by atoms with Gasteiger partial charge in [-0.25, -0.2) is 8.78 Å². The van der Waals surface area contributed by atoms with Gasteiger partial charge in [-0.3, -0.25) is 0 Å². The molecule has 2 atom stereocenters. The molecule has 1 aromatic carbocycles. The number of hydrogen-bond acceptors (Lipinski definition) is 2. The van der Waals surface area contributed by atoms with Crippen molar-refractivity contribution >= 4 is 11.8 Å². The van der Waals surface area contributed by atoms with E-state index in [0.29, 0.717) is 6.42 Å². The molecule has 1 saturated heterocycles. The number of thioether (sulfide) groups is 1. The lowest BCUT2D eigenvalue weighted by molar-refractivity contribution is 0.0387. The van der Waals surface area contributed by atoms with Crippen LogP contribution in [0.2, 0.25) is 0 Å². The molecule has 0 aromatic heterocycles. The molecule has 0 bridgehead atoms. The van der Waals surface area contributed by atoms with Crippen molar-refractivity contribution in [1.29, 1.82) is 0 Å². The second-order valence-corrected chi connectivity index (χ2v) is 5.26. The van der Waals surface area contributed by atoms with Crippen LogP contribution in [0.4, 0.5) is 8.78 Å². The molecule has 0 radical (unpaired) electrons. The molecule has 2 unspecified atom stereocenters. The first-order valence-corrected chi connectivity index (χ1v) is 5.88. The summed E-state index contributed by atoms with van der Waals surface area (Å²) in [7, 11) is 0. The summed E-state index contributed by atoms with van der Waals surface area (Å²) in [6.07, 6.45) is 0.471. The highest BCUT2D eigenvalue weighted by Crippen LogP contribution is 2.43. The van der Waals surface area contributed by atoms with Crippen LogP contribution in [-0.2, 0) is 5.60 Å². The lowest BCUT2D eigenvalue weighted by atomic mass is 9.88. The average molecular weight is 230 g/mol. The lowest BCUT2D eigenvalue weighted by Crippen LogP contribution is -2.32. The predicted molar refractivity (Wildman–Crippen MR) is 56.8 cm³/mol. The number of hydrogen-bond donors (Lipinski definition) is 1. The summed E-state index contributed by atoms with van der Waals surface area (Å²) >= 11 is 1.57. The number of benzene rings is 1. The van der Waals surface area contributed by atoms with Gasteiger partial charge in [-0.15, -0.1) is 0 Å². The Morgan fingerprint density at radius 1 is 1.47 bits per heavy atom. The van der Waals surface area contributed by atoms with Crippen molar-refractivity contribution < 1.29 is 13.9 Å². The van der Waals surface area contributed by atoms with Crippen LogP contribution in [0.5, 0.6) is 0 Å². The molecule has 0 saturated carbocycles. The van der Waals surface area contributed by atoms with Gasteiger partial charge in [0, 0.05) is 10.8 Å². The van der Waals surface area contributed by atoms with E-state index in [-0.39, 0.29) is 10.8 Å². The lowest BCUT2D eigenvalue weighted by Gasteiger charge is -2.27. The summed E-state index contributed by atoms with van der Waals surface area (Å²) in [4.78, 5) is 0. The fourth-order valence-electron chi connectivity index (χ4n) is 1.92. The van der Waals surface area contributed by atoms with Crippen molar-refractivity contribution in [2.24, 2.45) is 0 Å². The van der Waals surface area contributed by atoms with Gasteiger partial charge in [-0.2, -0.15) is 11.8 Å². The quantitative estimate of drug-likeness (QED) is 0.800. The SMILES string of the molecule is CC1SCCC1(O)c1cc(F)ccc1F. The van der Waals surface area contributed by atoms with Gasteiger partial charge in [0.2, 0.25) is 0 Å². The molecule has 1 aliphatic rings. The Hall–Kier alpha value is -0.610. The van der Waals surface area contributed by atoms with Crippen molar-refractivity contribution in [2.75, 3.05) is 5.75 Å². The standard InChI is InChI=1S/C11H12F2OS/c1-7-11(14,4-5-15-7)9-6-8(12)2-3-10(9)13/h2-3,6-7,14H,4-5H2,1H3. The molecule has 1 nitrogen and oxygen atoms in total. The number of halogens is 2. The first kappa shape index (κ1) is 10.9. The highest BCUT2D eigenvalue weighted by Gasteiger charge is 2.42. The van der Waals surface area contributed by atoms with Crippen LogP contribution in [0.1, 0.15) is 18.9 Å². The Kier molecular flexibility index (Phi) is 2.73. The van der Waals surface area contributed by atoms with Crippen LogP contribution >= 0.6 is 11.8 Å². The van der Waals surface area contributed by atoms with E-state index in [4.69, 9.17) is 0 Å². The molecule has 2 rings (SSSR count). The van der Waals surface area contributed by atoms with Gasteiger partial charge in [-0.05, 0) is 30.4 Å². The van der Waals surface area contributed by atoms with Gasteiger partial charge in [-0.1, -0.05) is 6.92 Å². The van der Waals surface area contributed by atoms with E-state index in [1.54, 1.807) is 11.8 Å². The van der Waals surface area contributed by atoms with Crippen LogP contribution in [-0.4, -0.2) is 16.1 Å². The second-order valence-electron chi connectivity index (χ2n) is 3.81. The van der Waals surface area contributed by atoms with E-state index in [1.807, 2.05) is 6.92 Å². The summed E-state index contributed by atoms with van der Waals surface area (Å²) in [5.74, 6) is -0.273. The van der Waals surface area contributed by atoms with Gasteiger partial charge in [0.25, 0.3) is 0 Å². The van der Waals surface area contributed by atoms with Crippen LogP contribution < -0.4 is 0 Å². The fourth-order valence-corrected chi connectivity index (χ4v) is 3.22. The Bertz CT molecular complexity index is 383. The molecule has 4 heteroatoms. The molecule has 1 N–H and O–H groups in total. The maximum Gasteiger partial charge on any atom is 0.129 e. The third kappa shape index (κ3) is 1.76. The maximum atomic E-state index is 13.5. The smallest absolute Gasteiger partial charge is 0.129 e. The van der Waals surface area contributed by atoms with Crippen molar-refractivity contribution in [3.8, 4) is 0 Å². The van der Waals surface area contributed by atoms with Crippen molar-refractivity contribution in [1.82, 2.24) is 0 Å². The largest absolute Gasteiger partial charge is 0.384 e. The van der Waals surface area contributed by atoms with Crippen LogP contribution in [0, 0.1) is 11.6 Å². The van der Waals surface area contributed by atoms with Crippen LogP contribution in [0.25, 0.3) is 0 Å². The van der Waals surface area contributed by atoms with E-state index >= 15 is 0 Å². The van der Waals surface area contributed by atoms with E-state index in [1.165, 1.54) is 0 Å². The topological polar surface area (TPSA) is 20.2 Å². The van der Waals surface area contributed by atoms with Crippen molar-refractivity contribution in [3.63, 3.8) is 0 Å². The predicted octanol–water partition coefficient (Wildman–Crippen LogP) is 2.68. The van der Waals surface area contributed by atoms with Gasteiger partial charge in [0.15, 0.2) is 0 Å². The highest BCUT2D eigenvalue weighted by molar-refractivity contribution is 8.00. The van der Waals surface area contributed by atoms with E-state index < -0.39 is 17.2 Å². The molecule has 15 heavy (non-hydrogen) atoms. The minimum atomic E-state index is -1.23. The zero-order chi connectivity index (χ0) is 11.1. The van der Waals surface area contributed by atoms with E-state index in [9.17, 15) is 13.9 Å². The third-order valence-electron chi connectivity index (χ3n) is 2.92. The molecule has 82 valence electrons. The Labute approximate surface area is 91.5 Å². The summed E-state index contributed by atoms with van der Waals surface area (Å²) in [5, 5.41) is 10.2. The Balaban J connectivity index is 2.48. The van der Waals surface area contributed by atoms with E-state index in [0.717, 1.165) is 24.0 Å². The van der Waals surface area contributed by atoms with Gasteiger partial charge in [0.1, 0.15) is 17.2 Å². The zero-order valence-corrected chi connectivity index (χ0v) is 9.15. The Morgan fingerprint density at radius 2 is 2.20 bits per heavy atom. The molecule has 1 heterocycles. The number of rotatable bonds is 1. The van der Waals surface area contributed by atoms with Crippen LogP contribution in [0.3, 0.4) is 0 Å². The maximum absolute atomic E-state index is 13.5. The summed E-state index contributed by atoms with van der Waals surface area (Å²) < 4.78 is 26.5. The van der Waals surface area contributed by atoms with Crippen molar-refractivity contribution in [3.05, 3.63) is 35.4 Å². The number of aliphatic hydroxyl groups is 1. The monoisotopic (exact) mass is 230 g/mol. The fraction of sp³-hybridized carbons (Fsp3) is 0.455. The second kappa shape index (κ2) is 3.76. The molecule has 0 aliphatic carbocycles. The first-order valence-electron chi connectivity index (χ1n) is 4.83. The molecule has 1 aliphatic heterocycles. The minimum absolute atomic E-state index is 0.0833. The minimum Gasteiger partial charge on any atom is -0.384 e. The van der Waals surface area contributed by atoms with Gasteiger partial charge in [0.05, 0.1) is 0 Å². The molecular formula is C11H12F2OS. The van der Waals surface area contributed by atoms with Crippen LogP contribution in [0.15, 0.2) is 18.2 Å². The highest BCUT2D eigenvalue weighted by atomic mass is 32.2.